The van der Waals surface area contributed by atoms with E-state index in [0.717, 1.165) is 57.8 Å². The quantitative estimate of drug-likeness (QED) is 0.0462. The summed E-state index contributed by atoms with van der Waals surface area (Å²) in [5.41, 5.74) is -1.09. The lowest BCUT2D eigenvalue weighted by Crippen LogP contribution is -2.27. The Morgan fingerprint density at radius 1 is 0.490 bits per heavy atom. The number of unbranched alkanes of at least 4 members (excludes halogenated alkanes) is 6. The highest BCUT2D eigenvalue weighted by atomic mass is 16.5. The van der Waals surface area contributed by atoms with E-state index in [9.17, 15) is 29.7 Å². The van der Waals surface area contributed by atoms with Gasteiger partial charge in [-0.25, -0.2) is 14.4 Å². The minimum absolute atomic E-state index is 0.0185. The van der Waals surface area contributed by atoms with Crippen LogP contribution in [0.3, 0.4) is 0 Å². The van der Waals surface area contributed by atoms with Crippen molar-refractivity contribution in [1.82, 2.24) is 0 Å². The second kappa shape index (κ2) is 26.3. The highest BCUT2D eigenvalue weighted by Crippen LogP contribution is 2.41. The Balaban J connectivity index is 3.77. The van der Waals surface area contributed by atoms with Crippen molar-refractivity contribution >= 4 is 17.9 Å². The van der Waals surface area contributed by atoms with Crippen LogP contribution in [0.1, 0.15) is 165 Å². The highest BCUT2D eigenvalue weighted by molar-refractivity contribution is 6.08. The molecule has 0 aliphatic carbocycles. The molecule has 3 N–H and O–H groups in total. The van der Waals surface area contributed by atoms with E-state index in [0.29, 0.717) is 0 Å². The number of carboxylic acids is 3. The van der Waals surface area contributed by atoms with E-state index >= 15 is 0 Å². The van der Waals surface area contributed by atoms with Gasteiger partial charge in [0.1, 0.15) is 0 Å². The number of aromatic carboxylic acids is 3. The minimum Gasteiger partial charge on any atom is -0.501 e. The van der Waals surface area contributed by atoms with E-state index in [1.165, 1.54) is 18.8 Å². The Labute approximate surface area is 305 Å². The molecule has 3 unspecified atom stereocenters. The first-order valence-corrected chi connectivity index (χ1v) is 18.3. The van der Waals surface area contributed by atoms with Crippen LogP contribution in [0.25, 0.3) is 0 Å². The average molecular weight is 709 g/mol. The van der Waals surface area contributed by atoms with Crippen LogP contribution in [-0.2, 0) is 14.2 Å². The summed E-state index contributed by atoms with van der Waals surface area (Å²) in [7, 11) is 0. The van der Waals surface area contributed by atoms with Crippen molar-refractivity contribution in [3.8, 4) is 0 Å². The first-order valence-electron chi connectivity index (χ1n) is 18.3. The lowest BCUT2D eigenvalue weighted by atomic mass is 9.75. The number of hydrogen-bond acceptors (Lipinski definition) is 6. The van der Waals surface area contributed by atoms with Gasteiger partial charge in [0.2, 0.25) is 0 Å². The van der Waals surface area contributed by atoms with Crippen LogP contribution in [0, 0.1) is 0 Å². The first kappa shape index (κ1) is 44.5. The summed E-state index contributed by atoms with van der Waals surface area (Å²) in [6.07, 6.45) is 30.5. The lowest BCUT2D eigenvalue weighted by Gasteiger charge is -2.29. The maximum absolute atomic E-state index is 13.2. The number of rotatable bonds is 27. The van der Waals surface area contributed by atoms with E-state index in [1.807, 2.05) is 36.5 Å². The highest BCUT2D eigenvalue weighted by Gasteiger charge is 2.38. The maximum Gasteiger partial charge on any atom is 0.336 e. The number of benzene rings is 1. The fourth-order valence-corrected chi connectivity index (χ4v) is 5.64. The van der Waals surface area contributed by atoms with E-state index in [-0.39, 0.29) is 42.1 Å². The van der Waals surface area contributed by atoms with E-state index in [2.05, 4.69) is 20.8 Å². The number of hydrogen-bond donors (Lipinski definition) is 3. The van der Waals surface area contributed by atoms with Gasteiger partial charge < -0.3 is 29.5 Å². The summed E-state index contributed by atoms with van der Waals surface area (Å²) in [6, 6.07) is 0. The molecule has 0 saturated carbocycles. The summed E-state index contributed by atoms with van der Waals surface area (Å²) in [5.74, 6) is -6.51. The molecule has 0 amide bonds. The van der Waals surface area contributed by atoms with Gasteiger partial charge in [-0.05, 0) is 54.2 Å². The molecule has 0 fully saturated rings. The molecular weight excluding hydrogens is 648 g/mol. The van der Waals surface area contributed by atoms with Gasteiger partial charge in [-0.15, -0.1) is 0 Å². The largest absolute Gasteiger partial charge is 0.501 e. The first-order chi connectivity index (χ1) is 24.5. The minimum atomic E-state index is -1.54. The molecular formula is C42H60O9. The Morgan fingerprint density at radius 2 is 0.784 bits per heavy atom. The van der Waals surface area contributed by atoms with Crippen molar-refractivity contribution < 1.29 is 43.9 Å². The summed E-state index contributed by atoms with van der Waals surface area (Å²) < 4.78 is 17.3. The van der Waals surface area contributed by atoms with Crippen LogP contribution in [0.2, 0.25) is 0 Å². The fraction of sp³-hybridized carbons (Fsp3) is 0.500. The third kappa shape index (κ3) is 15.9. The van der Waals surface area contributed by atoms with Crippen molar-refractivity contribution in [2.24, 2.45) is 0 Å². The van der Waals surface area contributed by atoms with Crippen LogP contribution in [-0.4, -0.2) is 53.0 Å². The van der Waals surface area contributed by atoms with Crippen LogP contribution < -0.4 is 0 Å². The van der Waals surface area contributed by atoms with E-state index in [4.69, 9.17) is 14.2 Å². The monoisotopic (exact) mass is 708 g/mol. The molecule has 282 valence electrons. The Hall–Kier alpha value is -4.53. The standard InChI is InChI=1S/C42H60O9/c1-7-10-13-16-19-22-25-49-28-31(4)34-35(32(5)29-50-26-23-20-17-14-11-8-2)38(41(45)46)39(42(47)48)36(37(34)40(43)44)33(6)30-51-27-24-21-18-15-12-9-3/h16-27,31-33H,7-15,28-30H2,1-6H3,(H,43,44)(H,45,46)(H,47,48). The molecule has 0 radical (unpaired) electrons. The summed E-state index contributed by atoms with van der Waals surface area (Å²) in [5, 5.41) is 31.8. The van der Waals surface area contributed by atoms with Crippen molar-refractivity contribution in [3.05, 3.63) is 107 Å². The fourth-order valence-electron chi connectivity index (χ4n) is 5.64. The zero-order valence-corrected chi connectivity index (χ0v) is 31.4. The van der Waals surface area contributed by atoms with Crippen molar-refractivity contribution in [2.75, 3.05) is 19.8 Å². The Kier molecular flexibility index (Phi) is 22.9. The Bertz CT molecular complexity index is 1400. The molecule has 51 heavy (non-hydrogen) atoms. The molecule has 0 aromatic heterocycles. The molecule has 0 bridgehead atoms. The van der Waals surface area contributed by atoms with Gasteiger partial charge >= 0.3 is 17.9 Å². The van der Waals surface area contributed by atoms with Crippen LogP contribution in [0.15, 0.2) is 73.5 Å². The van der Waals surface area contributed by atoms with Gasteiger partial charge in [-0.2, -0.15) is 0 Å². The number of allylic oxidation sites excluding steroid dienone is 9. The smallest absolute Gasteiger partial charge is 0.336 e. The lowest BCUT2D eigenvalue weighted by molar-refractivity contribution is 0.0643. The molecule has 0 heterocycles. The molecule has 0 saturated heterocycles. The second-order valence-corrected chi connectivity index (χ2v) is 12.7. The molecule has 0 aliphatic heterocycles. The normalized spacial score (nSPS) is 14.0. The van der Waals surface area contributed by atoms with E-state index < -0.39 is 46.8 Å². The van der Waals surface area contributed by atoms with Crippen molar-refractivity contribution in [1.29, 1.82) is 0 Å². The predicted molar refractivity (Wildman–Crippen MR) is 204 cm³/mol. The maximum atomic E-state index is 13.2. The van der Waals surface area contributed by atoms with Gasteiger partial charge in [-0.3, -0.25) is 0 Å². The van der Waals surface area contributed by atoms with Crippen molar-refractivity contribution in [2.45, 2.75) is 117 Å². The van der Waals surface area contributed by atoms with Crippen LogP contribution >= 0.6 is 0 Å². The van der Waals surface area contributed by atoms with Gasteiger partial charge in [-0.1, -0.05) is 117 Å². The van der Waals surface area contributed by atoms with Gasteiger partial charge in [0.25, 0.3) is 0 Å². The Morgan fingerprint density at radius 3 is 1.10 bits per heavy atom. The predicted octanol–water partition coefficient (Wildman–Crippen LogP) is 10.9. The molecule has 1 rings (SSSR count). The second-order valence-electron chi connectivity index (χ2n) is 12.7. The van der Waals surface area contributed by atoms with Crippen LogP contribution in [0.4, 0.5) is 0 Å². The number of carboxylic acid groups (broad SMARTS) is 3. The molecule has 3 atom stereocenters. The summed E-state index contributed by atoms with van der Waals surface area (Å²) in [6.45, 7) is 11.3. The average Bonchev–Trinajstić information content (AvgIpc) is 3.09. The summed E-state index contributed by atoms with van der Waals surface area (Å²) in [4.78, 5) is 39.1. The zero-order valence-electron chi connectivity index (χ0n) is 31.4. The van der Waals surface area contributed by atoms with E-state index in [1.54, 1.807) is 39.0 Å². The molecule has 1 aromatic rings. The SMILES string of the molecule is CCCCC=CC=COCC(C)c1c(C(=O)O)c(C(=O)O)c(C(C)COC=CC=CCCCC)c(C(C)COC=CC=CCCCC)c1C(=O)O. The summed E-state index contributed by atoms with van der Waals surface area (Å²) >= 11 is 0. The molecule has 9 heteroatoms. The van der Waals surface area contributed by atoms with Gasteiger partial charge in [0.05, 0.1) is 55.3 Å². The number of ether oxygens (including phenoxy) is 3. The molecule has 1 aromatic carbocycles. The number of carbonyl (C=O) groups is 3. The topological polar surface area (TPSA) is 140 Å². The van der Waals surface area contributed by atoms with Crippen LogP contribution in [0.5, 0.6) is 0 Å². The van der Waals surface area contributed by atoms with Gasteiger partial charge in [0, 0.05) is 17.8 Å². The van der Waals surface area contributed by atoms with Gasteiger partial charge in [0.15, 0.2) is 0 Å². The molecule has 0 aliphatic rings. The third-order valence-electron chi connectivity index (χ3n) is 8.22. The third-order valence-corrected chi connectivity index (χ3v) is 8.22. The molecule has 0 spiro atoms. The van der Waals surface area contributed by atoms with Crippen molar-refractivity contribution in [3.63, 3.8) is 0 Å². The zero-order chi connectivity index (χ0) is 38.0. The molecule has 9 nitrogen and oxygen atoms in total.